The van der Waals surface area contributed by atoms with Gasteiger partial charge in [0.05, 0.1) is 24.4 Å². The first-order valence-corrected chi connectivity index (χ1v) is 6.44. The molecule has 0 aliphatic rings. The number of amides is 1. The van der Waals surface area contributed by atoms with Crippen LogP contribution in [0.2, 0.25) is 0 Å². The van der Waals surface area contributed by atoms with Crippen molar-refractivity contribution in [3.63, 3.8) is 0 Å². The number of rotatable bonds is 6. The van der Waals surface area contributed by atoms with E-state index < -0.39 is 23.7 Å². The normalized spacial score (nSPS) is 11.8. The van der Waals surface area contributed by atoms with Crippen LogP contribution in [0.3, 0.4) is 0 Å². The van der Waals surface area contributed by atoms with Gasteiger partial charge in [0.25, 0.3) is 0 Å². The molecule has 0 spiro atoms. The van der Waals surface area contributed by atoms with Gasteiger partial charge in [-0.1, -0.05) is 19.8 Å². The van der Waals surface area contributed by atoms with Gasteiger partial charge in [0.2, 0.25) is 5.91 Å². The molecule has 0 saturated carbocycles. The van der Waals surface area contributed by atoms with Gasteiger partial charge in [0.1, 0.15) is 5.82 Å². The lowest BCUT2D eigenvalue weighted by Gasteiger charge is -2.14. The summed E-state index contributed by atoms with van der Waals surface area (Å²) < 4.78 is 17.7. The Balaban J connectivity index is 2.86. The van der Waals surface area contributed by atoms with Crippen LogP contribution < -0.4 is 11.1 Å². The van der Waals surface area contributed by atoms with Crippen molar-refractivity contribution in [3.8, 4) is 0 Å². The number of halogens is 1. The Morgan fingerprint density at radius 1 is 1.45 bits per heavy atom. The highest BCUT2D eigenvalue weighted by Gasteiger charge is 2.18. The highest BCUT2D eigenvalue weighted by Crippen LogP contribution is 2.18. The van der Waals surface area contributed by atoms with Crippen LogP contribution in [0.5, 0.6) is 0 Å². The lowest BCUT2D eigenvalue weighted by molar-refractivity contribution is -0.117. The molecule has 1 aromatic rings. The largest absolute Gasteiger partial charge is 0.465 e. The van der Waals surface area contributed by atoms with Gasteiger partial charge in [-0.05, 0) is 24.6 Å². The maximum atomic E-state index is 13.2. The molecule has 110 valence electrons. The summed E-state index contributed by atoms with van der Waals surface area (Å²) in [7, 11) is 1.19. The number of nitrogens with two attached hydrogens (primary N) is 1. The second-order valence-electron chi connectivity index (χ2n) is 4.42. The second kappa shape index (κ2) is 7.59. The van der Waals surface area contributed by atoms with E-state index in [1.807, 2.05) is 6.92 Å². The standard InChI is InChI=1S/C14H19FN2O3/c1-3-4-5-11(16)13(18)17-12-7-6-9(15)8-10(12)14(19)20-2/h6-8,11H,3-5,16H2,1-2H3,(H,17,18). The molecule has 20 heavy (non-hydrogen) atoms. The zero-order valence-corrected chi connectivity index (χ0v) is 11.6. The van der Waals surface area contributed by atoms with E-state index in [1.54, 1.807) is 0 Å². The summed E-state index contributed by atoms with van der Waals surface area (Å²) >= 11 is 0. The minimum Gasteiger partial charge on any atom is -0.465 e. The van der Waals surface area contributed by atoms with E-state index in [2.05, 4.69) is 10.1 Å². The van der Waals surface area contributed by atoms with E-state index in [4.69, 9.17) is 5.73 Å². The van der Waals surface area contributed by atoms with Gasteiger partial charge >= 0.3 is 5.97 Å². The summed E-state index contributed by atoms with van der Waals surface area (Å²) in [5.74, 6) is -1.71. The van der Waals surface area contributed by atoms with Crippen LogP contribution in [0.25, 0.3) is 0 Å². The molecule has 1 rings (SSSR count). The zero-order chi connectivity index (χ0) is 15.1. The Kier molecular flexibility index (Phi) is 6.11. The van der Waals surface area contributed by atoms with Crippen LogP contribution >= 0.6 is 0 Å². The van der Waals surface area contributed by atoms with Crippen molar-refractivity contribution < 1.29 is 18.7 Å². The molecule has 3 N–H and O–H groups in total. The van der Waals surface area contributed by atoms with Gasteiger partial charge in [-0.2, -0.15) is 0 Å². The van der Waals surface area contributed by atoms with Crippen LogP contribution in [0.1, 0.15) is 36.5 Å². The van der Waals surface area contributed by atoms with E-state index in [-0.39, 0.29) is 11.3 Å². The molecule has 1 unspecified atom stereocenters. The molecule has 5 nitrogen and oxygen atoms in total. The van der Waals surface area contributed by atoms with Crippen molar-refractivity contribution >= 4 is 17.6 Å². The molecule has 0 aliphatic heterocycles. The van der Waals surface area contributed by atoms with E-state index in [9.17, 15) is 14.0 Å². The predicted octanol–water partition coefficient (Wildman–Crippen LogP) is 2.07. The van der Waals surface area contributed by atoms with Crippen molar-refractivity contribution in [1.82, 2.24) is 0 Å². The van der Waals surface area contributed by atoms with Gasteiger partial charge in [0, 0.05) is 0 Å². The van der Waals surface area contributed by atoms with E-state index in [0.717, 1.165) is 25.0 Å². The number of carbonyl (C=O) groups is 2. The maximum absolute atomic E-state index is 13.2. The molecular weight excluding hydrogens is 263 g/mol. The predicted molar refractivity (Wildman–Crippen MR) is 73.9 cm³/mol. The fourth-order valence-electron chi connectivity index (χ4n) is 1.68. The molecule has 0 saturated heterocycles. The number of esters is 1. The Hall–Kier alpha value is -1.95. The van der Waals surface area contributed by atoms with Gasteiger partial charge < -0.3 is 15.8 Å². The first kappa shape index (κ1) is 16.1. The zero-order valence-electron chi connectivity index (χ0n) is 11.6. The van der Waals surface area contributed by atoms with E-state index in [0.29, 0.717) is 6.42 Å². The summed E-state index contributed by atoms with van der Waals surface area (Å²) in [6.07, 6.45) is 2.32. The molecule has 0 bridgehead atoms. The summed E-state index contributed by atoms with van der Waals surface area (Å²) in [6, 6.07) is 2.82. The van der Waals surface area contributed by atoms with Crippen LogP contribution in [0.15, 0.2) is 18.2 Å². The maximum Gasteiger partial charge on any atom is 0.340 e. The number of carbonyl (C=O) groups excluding carboxylic acids is 2. The number of anilines is 1. The minimum atomic E-state index is -0.720. The second-order valence-corrected chi connectivity index (χ2v) is 4.42. The molecule has 0 aromatic heterocycles. The summed E-state index contributed by atoms with van der Waals surface area (Å²) in [4.78, 5) is 23.4. The smallest absolute Gasteiger partial charge is 0.340 e. The molecule has 0 radical (unpaired) electrons. The van der Waals surface area contributed by atoms with Gasteiger partial charge in [-0.3, -0.25) is 4.79 Å². The summed E-state index contributed by atoms with van der Waals surface area (Å²) in [6.45, 7) is 2.00. The molecule has 1 atom stereocenters. The van der Waals surface area contributed by atoms with Crippen molar-refractivity contribution in [2.75, 3.05) is 12.4 Å². The van der Waals surface area contributed by atoms with Crippen LogP contribution in [0.4, 0.5) is 10.1 Å². The van der Waals surface area contributed by atoms with Gasteiger partial charge in [-0.15, -0.1) is 0 Å². The molecule has 1 aromatic carbocycles. The average molecular weight is 282 g/mol. The molecule has 0 fully saturated rings. The summed E-state index contributed by atoms with van der Waals surface area (Å²) in [5.41, 5.74) is 5.89. The lowest BCUT2D eigenvalue weighted by Crippen LogP contribution is -2.35. The van der Waals surface area contributed by atoms with Crippen molar-refractivity contribution in [2.24, 2.45) is 5.73 Å². The number of unbranched alkanes of at least 4 members (excludes halogenated alkanes) is 1. The minimum absolute atomic E-state index is 0.0384. The highest BCUT2D eigenvalue weighted by molar-refractivity contribution is 6.02. The van der Waals surface area contributed by atoms with Crippen molar-refractivity contribution in [3.05, 3.63) is 29.6 Å². The molecule has 0 aliphatic carbocycles. The fraction of sp³-hybridized carbons (Fsp3) is 0.429. The first-order valence-electron chi connectivity index (χ1n) is 6.44. The number of ether oxygens (including phenoxy) is 1. The molecular formula is C14H19FN2O3. The third-order valence-corrected chi connectivity index (χ3v) is 2.85. The van der Waals surface area contributed by atoms with Crippen molar-refractivity contribution in [2.45, 2.75) is 32.2 Å². The lowest BCUT2D eigenvalue weighted by atomic mass is 10.1. The third kappa shape index (κ3) is 4.31. The average Bonchev–Trinajstić information content (AvgIpc) is 2.45. The quantitative estimate of drug-likeness (QED) is 0.783. The van der Waals surface area contributed by atoms with E-state index >= 15 is 0 Å². The SMILES string of the molecule is CCCCC(N)C(=O)Nc1ccc(F)cc1C(=O)OC. The Morgan fingerprint density at radius 3 is 2.75 bits per heavy atom. The number of nitrogens with one attached hydrogen (secondary N) is 1. The van der Waals surface area contributed by atoms with Crippen LogP contribution in [-0.4, -0.2) is 25.0 Å². The topological polar surface area (TPSA) is 81.4 Å². The Morgan fingerprint density at radius 2 is 2.15 bits per heavy atom. The van der Waals surface area contributed by atoms with Gasteiger partial charge in [0.15, 0.2) is 0 Å². The number of hydrogen-bond donors (Lipinski definition) is 2. The van der Waals surface area contributed by atoms with Crippen LogP contribution in [-0.2, 0) is 9.53 Å². The molecule has 0 heterocycles. The summed E-state index contributed by atoms with van der Waals surface area (Å²) in [5, 5.41) is 2.53. The molecule has 1 amide bonds. The Bertz CT molecular complexity index is 491. The van der Waals surface area contributed by atoms with Crippen LogP contribution in [0, 0.1) is 5.82 Å². The van der Waals surface area contributed by atoms with E-state index in [1.165, 1.54) is 13.2 Å². The number of hydrogen-bond acceptors (Lipinski definition) is 4. The number of benzene rings is 1. The molecule has 6 heteroatoms. The fourth-order valence-corrected chi connectivity index (χ4v) is 1.68. The first-order chi connectivity index (χ1) is 9.49. The number of methoxy groups -OCH3 is 1. The van der Waals surface area contributed by atoms with Crippen molar-refractivity contribution in [1.29, 1.82) is 0 Å². The monoisotopic (exact) mass is 282 g/mol. The highest BCUT2D eigenvalue weighted by atomic mass is 19.1. The Labute approximate surface area is 117 Å². The van der Waals surface area contributed by atoms with Gasteiger partial charge in [-0.25, -0.2) is 9.18 Å². The third-order valence-electron chi connectivity index (χ3n) is 2.85.